The van der Waals surface area contributed by atoms with E-state index in [-0.39, 0.29) is 0 Å². The van der Waals surface area contributed by atoms with E-state index in [4.69, 9.17) is 11.6 Å². The summed E-state index contributed by atoms with van der Waals surface area (Å²) < 4.78 is 0. The predicted octanol–water partition coefficient (Wildman–Crippen LogP) is 3.65. The van der Waals surface area contributed by atoms with Crippen LogP contribution in [-0.4, -0.2) is 17.5 Å². The van der Waals surface area contributed by atoms with Gasteiger partial charge in [0.2, 0.25) is 0 Å². The lowest BCUT2D eigenvalue weighted by Gasteiger charge is -2.23. The molecule has 1 aromatic carbocycles. The monoisotopic (exact) mass is 227 g/mol. The van der Waals surface area contributed by atoms with Crippen LogP contribution < -0.4 is 5.32 Å². The molecular weight excluding hydrogens is 214 g/mol. The first-order valence-corrected chi connectivity index (χ1v) is 6.48. The number of halogens is 1. The third-order valence-corrected chi connectivity index (χ3v) is 3.81. The van der Waals surface area contributed by atoms with Crippen LogP contribution in [0.4, 0.5) is 5.69 Å². The van der Waals surface area contributed by atoms with Crippen molar-refractivity contribution in [2.24, 2.45) is 0 Å². The maximum absolute atomic E-state index is 5.92. The molecule has 1 heterocycles. The van der Waals surface area contributed by atoms with E-state index in [9.17, 15) is 0 Å². The van der Waals surface area contributed by atoms with Crippen molar-refractivity contribution >= 4 is 29.1 Å². The highest BCUT2D eigenvalue weighted by atomic mass is 35.5. The Morgan fingerprint density at radius 2 is 2.36 bits per heavy atom. The van der Waals surface area contributed by atoms with Gasteiger partial charge in [-0.05, 0) is 36.8 Å². The minimum atomic E-state index is 0.618. The Kier molecular flexibility index (Phi) is 3.60. The van der Waals surface area contributed by atoms with Gasteiger partial charge in [-0.1, -0.05) is 17.7 Å². The Morgan fingerprint density at radius 3 is 3.07 bits per heavy atom. The smallest absolute Gasteiger partial charge is 0.0426 e. The average molecular weight is 228 g/mol. The Bertz CT molecular complexity index is 297. The van der Waals surface area contributed by atoms with Gasteiger partial charge in [-0.2, -0.15) is 11.8 Å². The van der Waals surface area contributed by atoms with Crippen molar-refractivity contribution in [3.8, 4) is 0 Å². The van der Waals surface area contributed by atoms with Crippen molar-refractivity contribution in [1.29, 1.82) is 0 Å². The zero-order valence-electron chi connectivity index (χ0n) is 8.00. The molecule has 0 bridgehead atoms. The second kappa shape index (κ2) is 4.94. The molecule has 76 valence electrons. The molecule has 1 atom stereocenters. The second-order valence-corrected chi connectivity index (χ2v) is 5.16. The number of anilines is 1. The molecule has 1 aliphatic heterocycles. The lowest BCUT2D eigenvalue weighted by Crippen LogP contribution is -2.25. The fourth-order valence-electron chi connectivity index (χ4n) is 1.67. The molecule has 1 unspecified atom stereocenters. The van der Waals surface area contributed by atoms with E-state index in [2.05, 4.69) is 11.4 Å². The average Bonchev–Trinajstić information content (AvgIpc) is 2.19. The zero-order valence-corrected chi connectivity index (χ0v) is 9.57. The van der Waals surface area contributed by atoms with Gasteiger partial charge < -0.3 is 5.32 Å². The first kappa shape index (κ1) is 10.2. The van der Waals surface area contributed by atoms with Crippen molar-refractivity contribution in [2.75, 3.05) is 16.8 Å². The summed E-state index contributed by atoms with van der Waals surface area (Å²) in [5.41, 5.74) is 1.14. The van der Waals surface area contributed by atoms with E-state index in [1.807, 2.05) is 30.0 Å². The maximum atomic E-state index is 5.92. The number of rotatable bonds is 2. The molecule has 14 heavy (non-hydrogen) atoms. The van der Waals surface area contributed by atoms with E-state index >= 15 is 0 Å². The number of nitrogens with one attached hydrogen (secondary N) is 1. The molecule has 3 heteroatoms. The van der Waals surface area contributed by atoms with Gasteiger partial charge in [-0.3, -0.25) is 0 Å². The largest absolute Gasteiger partial charge is 0.381 e. The summed E-state index contributed by atoms with van der Waals surface area (Å²) in [4.78, 5) is 0. The van der Waals surface area contributed by atoms with Gasteiger partial charge in [-0.15, -0.1) is 0 Å². The quantitative estimate of drug-likeness (QED) is 0.828. The zero-order chi connectivity index (χ0) is 9.80. The van der Waals surface area contributed by atoms with Crippen LogP contribution in [0.3, 0.4) is 0 Å². The van der Waals surface area contributed by atoms with E-state index < -0.39 is 0 Å². The molecule has 1 nitrogen and oxygen atoms in total. The molecule has 0 saturated carbocycles. The minimum absolute atomic E-state index is 0.618. The molecule has 1 fully saturated rings. The number of hydrogen-bond acceptors (Lipinski definition) is 2. The Morgan fingerprint density at radius 1 is 1.43 bits per heavy atom. The second-order valence-electron chi connectivity index (χ2n) is 3.57. The Labute approximate surface area is 94.2 Å². The predicted molar refractivity (Wildman–Crippen MR) is 65.4 cm³/mol. The third-order valence-electron chi connectivity index (χ3n) is 2.36. The topological polar surface area (TPSA) is 12.0 Å². The van der Waals surface area contributed by atoms with Crippen LogP contribution in [0.1, 0.15) is 12.8 Å². The maximum Gasteiger partial charge on any atom is 0.0426 e. The van der Waals surface area contributed by atoms with Crippen LogP contribution in [0.25, 0.3) is 0 Å². The summed E-state index contributed by atoms with van der Waals surface area (Å²) in [6.45, 7) is 0. The molecule has 1 N–H and O–H groups in total. The summed E-state index contributed by atoms with van der Waals surface area (Å²) in [6, 6.07) is 8.57. The molecule has 0 spiro atoms. The van der Waals surface area contributed by atoms with Crippen LogP contribution in [0.15, 0.2) is 24.3 Å². The van der Waals surface area contributed by atoms with Gasteiger partial charge in [0.25, 0.3) is 0 Å². The van der Waals surface area contributed by atoms with Crippen LogP contribution in [-0.2, 0) is 0 Å². The lowest BCUT2D eigenvalue weighted by molar-refractivity contribution is 0.685. The Balaban J connectivity index is 1.95. The SMILES string of the molecule is Clc1cccc(NC2CCCSC2)c1. The van der Waals surface area contributed by atoms with E-state index in [1.165, 1.54) is 24.3 Å². The van der Waals surface area contributed by atoms with Crippen molar-refractivity contribution in [3.05, 3.63) is 29.3 Å². The van der Waals surface area contributed by atoms with Crippen molar-refractivity contribution < 1.29 is 0 Å². The van der Waals surface area contributed by atoms with Crippen molar-refractivity contribution in [3.63, 3.8) is 0 Å². The van der Waals surface area contributed by atoms with Crippen LogP contribution in [0.2, 0.25) is 5.02 Å². The van der Waals surface area contributed by atoms with Gasteiger partial charge in [0.1, 0.15) is 0 Å². The highest BCUT2D eigenvalue weighted by molar-refractivity contribution is 7.99. The first-order valence-electron chi connectivity index (χ1n) is 4.94. The van der Waals surface area contributed by atoms with Gasteiger partial charge in [0, 0.05) is 22.5 Å². The van der Waals surface area contributed by atoms with E-state index in [1.54, 1.807) is 0 Å². The molecule has 1 aromatic rings. The van der Waals surface area contributed by atoms with Gasteiger partial charge in [-0.25, -0.2) is 0 Å². The summed E-state index contributed by atoms with van der Waals surface area (Å²) in [7, 11) is 0. The molecule has 0 radical (unpaired) electrons. The minimum Gasteiger partial charge on any atom is -0.381 e. The molecule has 0 amide bonds. The molecule has 0 aromatic heterocycles. The van der Waals surface area contributed by atoms with Crippen molar-refractivity contribution in [2.45, 2.75) is 18.9 Å². The standard InChI is InChI=1S/C11H14ClNS/c12-9-3-1-4-10(7-9)13-11-5-2-6-14-8-11/h1,3-4,7,11,13H,2,5-6,8H2. The summed E-state index contributed by atoms with van der Waals surface area (Å²) in [5.74, 6) is 2.53. The summed E-state index contributed by atoms with van der Waals surface area (Å²) in [5, 5.41) is 4.32. The highest BCUT2D eigenvalue weighted by Crippen LogP contribution is 2.22. The van der Waals surface area contributed by atoms with Gasteiger partial charge in [0.15, 0.2) is 0 Å². The molecule has 1 aliphatic rings. The fraction of sp³-hybridized carbons (Fsp3) is 0.455. The number of thioether (sulfide) groups is 1. The molecule has 2 rings (SSSR count). The molecule has 1 saturated heterocycles. The van der Waals surface area contributed by atoms with Crippen molar-refractivity contribution in [1.82, 2.24) is 0 Å². The summed E-state index contributed by atoms with van der Waals surface area (Å²) in [6.07, 6.45) is 2.60. The van der Waals surface area contributed by atoms with E-state index in [0.717, 1.165) is 10.7 Å². The van der Waals surface area contributed by atoms with Gasteiger partial charge >= 0.3 is 0 Å². The third kappa shape index (κ3) is 2.82. The lowest BCUT2D eigenvalue weighted by atomic mass is 10.2. The first-order chi connectivity index (χ1) is 6.84. The molecule has 0 aliphatic carbocycles. The van der Waals surface area contributed by atoms with Crippen LogP contribution in [0, 0.1) is 0 Å². The molecular formula is C11H14ClNS. The van der Waals surface area contributed by atoms with Gasteiger partial charge in [0.05, 0.1) is 0 Å². The number of hydrogen-bond donors (Lipinski definition) is 1. The Hall–Kier alpha value is -0.340. The normalized spacial score (nSPS) is 21.9. The van der Waals surface area contributed by atoms with Crippen LogP contribution >= 0.6 is 23.4 Å². The fourth-order valence-corrected chi connectivity index (χ4v) is 2.93. The highest BCUT2D eigenvalue weighted by Gasteiger charge is 2.12. The number of benzene rings is 1. The summed E-state index contributed by atoms with van der Waals surface area (Å²) >= 11 is 7.95. The van der Waals surface area contributed by atoms with E-state index in [0.29, 0.717) is 6.04 Å². The van der Waals surface area contributed by atoms with Crippen LogP contribution in [0.5, 0.6) is 0 Å².